The lowest BCUT2D eigenvalue weighted by molar-refractivity contribution is 0.0705. The number of aromatic nitrogens is 3. The van der Waals surface area contributed by atoms with E-state index in [1.807, 2.05) is 29.2 Å². The number of ether oxygens (including phenoxy) is 1. The maximum absolute atomic E-state index is 12.9. The number of carbonyl (C=O) groups excluding carboxylic acids is 1. The number of amides is 1. The predicted molar refractivity (Wildman–Crippen MR) is 111 cm³/mol. The summed E-state index contributed by atoms with van der Waals surface area (Å²) in [6.07, 6.45) is 6.89. The summed E-state index contributed by atoms with van der Waals surface area (Å²) < 4.78 is 5.25. The Labute approximate surface area is 169 Å². The van der Waals surface area contributed by atoms with Crippen molar-refractivity contribution in [3.8, 4) is 16.9 Å². The van der Waals surface area contributed by atoms with E-state index in [1.165, 1.54) is 0 Å². The number of rotatable bonds is 4. The lowest BCUT2D eigenvalue weighted by atomic mass is 9.89. The zero-order chi connectivity index (χ0) is 20.2. The Morgan fingerprint density at radius 2 is 2.03 bits per heavy atom. The lowest BCUT2D eigenvalue weighted by Gasteiger charge is -2.33. The second kappa shape index (κ2) is 8.26. The number of likely N-dealkylation sites (tertiary alicyclic amines) is 1. The number of nitrogen functional groups attached to an aromatic ring is 1. The molecule has 1 aliphatic heterocycles. The van der Waals surface area contributed by atoms with E-state index in [4.69, 9.17) is 10.5 Å². The van der Waals surface area contributed by atoms with Crippen molar-refractivity contribution in [2.24, 2.45) is 0 Å². The van der Waals surface area contributed by atoms with Crippen molar-refractivity contribution in [2.45, 2.75) is 18.8 Å². The van der Waals surface area contributed by atoms with E-state index in [9.17, 15) is 4.79 Å². The van der Waals surface area contributed by atoms with E-state index in [2.05, 4.69) is 15.0 Å². The van der Waals surface area contributed by atoms with Crippen molar-refractivity contribution in [1.82, 2.24) is 19.9 Å². The van der Waals surface area contributed by atoms with Gasteiger partial charge in [0.2, 0.25) is 5.95 Å². The highest BCUT2D eigenvalue weighted by Gasteiger charge is 2.28. The number of hydrogen-bond donors (Lipinski definition) is 1. The molecule has 1 unspecified atom stereocenters. The summed E-state index contributed by atoms with van der Waals surface area (Å²) in [5.41, 5.74) is 9.33. The third-order valence-electron chi connectivity index (χ3n) is 5.24. The quantitative estimate of drug-likeness (QED) is 0.737. The average Bonchev–Trinajstić information content (AvgIpc) is 2.79. The number of anilines is 1. The summed E-state index contributed by atoms with van der Waals surface area (Å²) in [6, 6.07) is 11.4. The van der Waals surface area contributed by atoms with Crippen LogP contribution < -0.4 is 10.5 Å². The van der Waals surface area contributed by atoms with Gasteiger partial charge in [-0.15, -0.1) is 0 Å². The van der Waals surface area contributed by atoms with Crippen LogP contribution in [0.15, 0.2) is 55.0 Å². The Morgan fingerprint density at radius 3 is 2.76 bits per heavy atom. The van der Waals surface area contributed by atoms with Crippen LogP contribution in [0.3, 0.4) is 0 Å². The third-order valence-corrected chi connectivity index (χ3v) is 5.24. The van der Waals surface area contributed by atoms with Gasteiger partial charge in [-0.05, 0) is 42.7 Å². The van der Waals surface area contributed by atoms with Crippen LogP contribution in [0, 0.1) is 0 Å². The Morgan fingerprint density at radius 1 is 1.21 bits per heavy atom. The molecule has 1 aliphatic rings. The molecule has 1 atom stereocenters. The minimum atomic E-state index is -0.00387. The molecule has 0 bridgehead atoms. The first kappa shape index (κ1) is 18.9. The maximum Gasteiger partial charge on any atom is 0.255 e. The van der Waals surface area contributed by atoms with Gasteiger partial charge in [-0.2, -0.15) is 0 Å². The number of carbonyl (C=O) groups is 1. The highest BCUT2D eigenvalue weighted by Crippen LogP contribution is 2.34. The molecule has 29 heavy (non-hydrogen) atoms. The Bertz CT molecular complexity index is 992. The minimum absolute atomic E-state index is 0.00387. The number of benzene rings is 1. The topological polar surface area (TPSA) is 94.2 Å². The molecular formula is C22H23N5O2. The zero-order valence-electron chi connectivity index (χ0n) is 16.3. The fraction of sp³-hybridized carbons (Fsp3) is 0.273. The van der Waals surface area contributed by atoms with Crippen molar-refractivity contribution < 1.29 is 9.53 Å². The van der Waals surface area contributed by atoms with Crippen LogP contribution in [0.5, 0.6) is 5.75 Å². The largest absolute Gasteiger partial charge is 0.497 e. The normalized spacial score (nSPS) is 16.4. The number of nitrogens with zero attached hydrogens (tertiary/aromatic N) is 4. The number of piperidine rings is 1. The smallest absolute Gasteiger partial charge is 0.255 e. The Kier molecular flexibility index (Phi) is 5.37. The monoisotopic (exact) mass is 389 g/mol. The summed E-state index contributed by atoms with van der Waals surface area (Å²) in [5.74, 6) is 1.12. The van der Waals surface area contributed by atoms with Crippen molar-refractivity contribution in [3.05, 3.63) is 66.2 Å². The number of methoxy groups -OCH3 is 1. The summed E-state index contributed by atoms with van der Waals surface area (Å²) in [6.45, 7) is 1.32. The summed E-state index contributed by atoms with van der Waals surface area (Å²) in [5, 5.41) is 0. The summed E-state index contributed by atoms with van der Waals surface area (Å²) in [4.78, 5) is 27.6. The first-order valence-electron chi connectivity index (χ1n) is 9.62. The number of nitrogens with two attached hydrogens (primary N) is 1. The molecule has 3 aromatic rings. The first-order valence-corrected chi connectivity index (χ1v) is 9.62. The van der Waals surface area contributed by atoms with Gasteiger partial charge < -0.3 is 15.4 Å². The second-order valence-corrected chi connectivity index (χ2v) is 7.09. The predicted octanol–water partition coefficient (Wildman–Crippen LogP) is 3.15. The van der Waals surface area contributed by atoms with E-state index >= 15 is 0 Å². The van der Waals surface area contributed by atoms with Gasteiger partial charge in [-0.1, -0.05) is 12.1 Å². The van der Waals surface area contributed by atoms with Gasteiger partial charge in [0, 0.05) is 43.2 Å². The molecule has 7 nitrogen and oxygen atoms in total. The van der Waals surface area contributed by atoms with Crippen LogP contribution in [0.1, 0.15) is 34.8 Å². The van der Waals surface area contributed by atoms with Crippen LogP contribution in [0.2, 0.25) is 0 Å². The molecule has 1 amide bonds. The van der Waals surface area contributed by atoms with E-state index in [1.54, 1.807) is 37.8 Å². The molecule has 1 fully saturated rings. The van der Waals surface area contributed by atoms with Crippen LogP contribution in [-0.4, -0.2) is 46.0 Å². The van der Waals surface area contributed by atoms with E-state index in [0.717, 1.165) is 42.0 Å². The van der Waals surface area contributed by atoms with Crippen molar-refractivity contribution in [2.75, 3.05) is 25.9 Å². The minimum Gasteiger partial charge on any atom is -0.497 e. The van der Waals surface area contributed by atoms with Gasteiger partial charge in [0.05, 0.1) is 18.4 Å². The molecular weight excluding hydrogens is 366 g/mol. The molecule has 2 aromatic heterocycles. The molecule has 0 radical (unpaired) electrons. The van der Waals surface area contributed by atoms with Gasteiger partial charge in [-0.25, -0.2) is 9.97 Å². The first-order chi connectivity index (χ1) is 14.2. The molecule has 7 heteroatoms. The SMILES string of the molecule is COc1ccc(-c2cnc(N)nc2C2CCCN(C(=O)c3cccnc3)C2)cc1. The van der Waals surface area contributed by atoms with Crippen molar-refractivity contribution >= 4 is 11.9 Å². The van der Waals surface area contributed by atoms with Crippen molar-refractivity contribution in [1.29, 1.82) is 0 Å². The standard InChI is InChI=1S/C22H23N5O2/c1-29-18-8-6-15(7-9-18)19-13-25-22(23)26-20(19)17-5-3-11-27(14-17)21(28)16-4-2-10-24-12-16/h2,4,6-10,12-13,17H,3,5,11,14H2,1H3,(H2,23,25,26). The molecule has 4 rings (SSSR count). The second-order valence-electron chi connectivity index (χ2n) is 7.09. The zero-order valence-corrected chi connectivity index (χ0v) is 16.3. The highest BCUT2D eigenvalue weighted by molar-refractivity contribution is 5.94. The Balaban J connectivity index is 1.63. The van der Waals surface area contributed by atoms with Crippen LogP contribution in [-0.2, 0) is 0 Å². The lowest BCUT2D eigenvalue weighted by Crippen LogP contribution is -2.39. The van der Waals surface area contributed by atoms with E-state index in [-0.39, 0.29) is 17.8 Å². The molecule has 0 saturated carbocycles. The number of hydrogen-bond acceptors (Lipinski definition) is 6. The summed E-state index contributed by atoms with van der Waals surface area (Å²) >= 11 is 0. The fourth-order valence-corrected chi connectivity index (χ4v) is 3.77. The highest BCUT2D eigenvalue weighted by atomic mass is 16.5. The van der Waals surface area contributed by atoms with Gasteiger partial charge in [-0.3, -0.25) is 9.78 Å². The van der Waals surface area contributed by atoms with Crippen LogP contribution >= 0.6 is 0 Å². The third kappa shape index (κ3) is 4.03. The fourth-order valence-electron chi connectivity index (χ4n) is 3.77. The van der Waals surface area contributed by atoms with Gasteiger partial charge in [0.1, 0.15) is 5.75 Å². The molecule has 3 heterocycles. The summed E-state index contributed by atoms with van der Waals surface area (Å²) in [7, 11) is 1.64. The van der Waals surface area contributed by atoms with Gasteiger partial charge >= 0.3 is 0 Å². The molecule has 1 saturated heterocycles. The molecule has 0 aliphatic carbocycles. The van der Waals surface area contributed by atoms with Crippen LogP contribution in [0.25, 0.3) is 11.1 Å². The van der Waals surface area contributed by atoms with Gasteiger partial charge in [0.15, 0.2) is 0 Å². The van der Waals surface area contributed by atoms with E-state index < -0.39 is 0 Å². The number of pyridine rings is 1. The molecule has 2 N–H and O–H groups in total. The Hall–Kier alpha value is -3.48. The van der Waals surface area contributed by atoms with Crippen LogP contribution in [0.4, 0.5) is 5.95 Å². The van der Waals surface area contributed by atoms with Gasteiger partial charge in [0.25, 0.3) is 5.91 Å². The maximum atomic E-state index is 12.9. The molecule has 0 spiro atoms. The molecule has 148 valence electrons. The van der Waals surface area contributed by atoms with Crippen molar-refractivity contribution in [3.63, 3.8) is 0 Å². The molecule has 1 aromatic carbocycles. The van der Waals surface area contributed by atoms with E-state index in [0.29, 0.717) is 12.1 Å². The average molecular weight is 389 g/mol.